The number of barbiturate groups is 1. The van der Waals surface area contributed by atoms with Crippen molar-refractivity contribution in [2.75, 3.05) is 11.5 Å². The van der Waals surface area contributed by atoms with E-state index in [2.05, 4.69) is 21.2 Å². The number of halogens is 1. The maximum Gasteiger partial charge on any atom is 0.335 e. The molecule has 1 fully saturated rings. The molecule has 0 bridgehead atoms. The number of hydrogen-bond donors (Lipinski definition) is 1. The van der Waals surface area contributed by atoms with Crippen LogP contribution in [0.3, 0.4) is 0 Å². The number of ether oxygens (including phenoxy) is 2. The predicted octanol–water partition coefficient (Wildman–Crippen LogP) is 5.09. The molecule has 1 aliphatic heterocycles. The van der Waals surface area contributed by atoms with E-state index in [4.69, 9.17) is 9.47 Å². The van der Waals surface area contributed by atoms with Crippen molar-refractivity contribution in [3.63, 3.8) is 0 Å². The smallest absolute Gasteiger partial charge is 0.335 e. The van der Waals surface area contributed by atoms with E-state index in [1.54, 1.807) is 42.5 Å². The fourth-order valence-electron chi connectivity index (χ4n) is 3.44. The van der Waals surface area contributed by atoms with Gasteiger partial charge in [-0.05, 0) is 64.3 Å². The molecule has 0 saturated carbocycles. The monoisotopic (exact) mass is 520 g/mol. The third-order valence-electron chi connectivity index (χ3n) is 4.98. The van der Waals surface area contributed by atoms with Crippen molar-refractivity contribution in [3.05, 3.63) is 94.0 Å². The summed E-state index contributed by atoms with van der Waals surface area (Å²) in [6, 6.07) is 20.7. The zero-order valence-electron chi connectivity index (χ0n) is 18.3. The Bertz CT molecular complexity index is 1260. The lowest BCUT2D eigenvalue weighted by Crippen LogP contribution is -2.54. The van der Waals surface area contributed by atoms with E-state index in [-0.39, 0.29) is 5.57 Å². The molecule has 0 aromatic heterocycles. The summed E-state index contributed by atoms with van der Waals surface area (Å²) in [5.74, 6) is -0.508. The highest BCUT2D eigenvalue weighted by Crippen LogP contribution is 2.38. The SMILES string of the molecule is CCOc1cc(/C=C2\C(=O)NC(=O)N(c3ccccc3)C2=O)cc(Br)c1OCc1ccccc1. The molecule has 3 aromatic rings. The minimum absolute atomic E-state index is 0.171. The van der Waals surface area contributed by atoms with Gasteiger partial charge < -0.3 is 9.47 Å². The molecule has 1 heterocycles. The number of urea groups is 1. The Kier molecular flexibility index (Phi) is 7.08. The molecule has 0 atom stereocenters. The van der Waals surface area contributed by atoms with Gasteiger partial charge in [0.2, 0.25) is 0 Å². The zero-order valence-corrected chi connectivity index (χ0v) is 19.9. The van der Waals surface area contributed by atoms with E-state index in [0.29, 0.717) is 40.4 Å². The topological polar surface area (TPSA) is 84.9 Å². The molecule has 4 rings (SSSR count). The normalized spacial score (nSPS) is 14.8. The number of imide groups is 2. The second-order valence-corrected chi connectivity index (χ2v) is 8.19. The summed E-state index contributed by atoms with van der Waals surface area (Å²) in [5, 5.41) is 2.22. The van der Waals surface area contributed by atoms with Crippen molar-refractivity contribution in [2.24, 2.45) is 0 Å². The van der Waals surface area contributed by atoms with Crippen LogP contribution in [0.2, 0.25) is 0 Å². The lowest BCUT2D eigenvalue weighted by atomic mass is 10.1. The molecule has 1 N–H and O–H groups in total. The molecule has 1 aliphatic rings. The maximum absolute atomic E-state index is 13.1. The molecular weight excluding hydrogens is 500 g/mol. The quantitative estimate of drug-likeness (QED) is 0.346. The van der Waals surface area contributed by atoms with Crippen LogP contribution in [0.25, 0.3) is 6.08 Å². The van der Waals surface area contributed by atoms with Gasteiger partial charge in [0.15, 0.2) is 11.5 Å². The van der Waals surface area contributed by atoms with Crippen molar-refractivity contribution in [2.45, 2.75) is 13.5 Å². The van der Waals surface area contributed by atoms with Crippen LogP contribution in [0.5, 0.6) is 11.5 Å². The molecule has 3 aromatic carbocycles. The van der Waals surface area contributed by atoms with Gasteiger partial charge in [-0.15, -0.1) is 0 Å². The number of nitrogens with one attached hydrogen (secondary N) is 1. The number of hydrogen-bond acceptors (Lipinski definition) is 5. The number of para-hydroxylation sites is 1. The Labute approximate surface area is 205 Å². The summed E-state index contributed by atoms with van der Waals surface area (Å²) in [6.45, 7) is 2.58. The number of nitrogens with zero attached hydrogens (tertiary/aromatic N) is 1. The molecule has 0 aliphatic carbocycles. The van der Waals surface area contributed by atoms with Crippen molar-refractivity contribution in [1.82, 2.24) is 5.32 Å². The van der Waals surface area contributed by atoms with Gasteiger partial charge >= 0.3 is 6.03 Å². The van der Waals surface area contributed by atoms with E-state index in [1.807, 2.05) is 37.3 Å². The molecule has 7 nitrogen and oxygen atoms in total. The highest BCUT2D eigenvalue weighted by Gasteiger charge is 2.36. The van der Waals surface area contributed by atoms with E-state index < -0.39 is 17.8 Å². The third-order valence-corrected chi connectivity index (χ3v) is 5.57. The highest BCUT2D eigenvalue weighted by atomic mass is 79.9. The highest BCUT2D eigenvalue weighted by molar-refractivity contribution is 9.10. The van der Waals surface area contributed by atoms with E-state index in [1.165, 1.54) is 6.08 Å². The molecule has 0 spiro atoms. The van der Waals surface area contributed by atoms with Crippen LogP contribution in [0, 0.1) is 0 Å². The fourth-order valence-corrected chi connectivity index (χ4v) is 4.01. The van der Waals surface area contributed by atoms with Crippen LogP contribution in [0.1, 0.15) is 18.1 Å². The number of carbonyl (C=O) groups excluding carboxylic acids is 3. The molecule has 34 heavy (non-hydrogen) atoms. The minimum atomic E-state index is -0.792. The van der Waals surface area contributed by atoms with Crippen molar-refractivity contribution >= 4 is 45.5 Å². The number of amides is 4. The Morgan fingerprint density at radius 2 is 1.62 bits per heavy atom. The fraction of sp³-hybridized carbons (Fsp3) is 0.115. The van der Waals surface area contributed by atoms with Gasteiger partial charge in [0.05, 0.1) is 16.8 Å². The summed E-state index contributed by atoms with van der Waals surface area (Å²) < 4.78 is 12.4. The summed E-state index contributed by atoms with van der Waals surface area (Å²) in [4.78, 5) is 38.9. The first-order chi connectivity index (χ1) is 16.5. The summed E-state index contributed by atoms with van der Waals surface area (Å²) in [7, 11) is 0. The number of benzene rings is 3. The average molecular weight is 521 g/mol. The number of rotatable bonds is 7. The Morgan fingerprint density at radius 1 is 0.941 bits per heavy atom. The third kappa shape index (κ3) is 5.02. The first-order valence-electron chi connectivity index (χ1n) is 10.6. The van der Waals surface area contributed by atoms with Crippen molar-refractivity contribution in [1.29, 1.82) is 0 Å². The zero-order chi connectivity index (χ0) is 24.1. The molecule has 172 valence electrons. The van der Waals surface area contributed by atoms with Crippen molar-refractivity contribution in [3.8, 4) is 11.5 Å². The largest absolute Gasteiger partial charge is 0.490 e. The molecule has 4 amide bonds. The lowest BCUT2D eigenvalue weighted by Gasteiger charge is -2.26. The van der Waals surface area contributed by atoms with Crippen LogP contribution in [0.15, 0.2) is 82.8 Å². The lowest BCUT2D eigenvalue weighted by molar-refractivity contribution is -0.122. The first kappa shape index (κ1) is 23.3. The number of carbonyl (C=O) groups is 3. The van der Waals surface area contributed by atoms with Gasteiger partial charge in [-0.25, -0.2) is 9.69 Å². The Balaban J connectivity index is 1.66. The summed E-state index contributed by atoms with van der Waals surface area (Å²) >= 11 is 3.51. The minimum Gasteiger partial charge on any atom is -0.490 e. The van der Waals surface area contributed by atoms with Gasteiger partial charge in [0, 0.05) is 0 Å². The summed E-state index contributed by atoms with van der Waals surface area (Å²) in [6.07, 6.45) is 1.42. The molecular formula is C26H21BrN2O5. The molecule has 0 unspecified atom stereocenters. The second kappa shape index (κ2) is 10.4. The van der Waals surface area contributed by atoms with Crippen LogP contribution in [-0.2, 0) is 16.2 Å². The van der Waals surface area contributed by atoms with Crippen LogP contribution in [0.4, 0.5) is 10.5 Å². The summed E-state index contributed by atoms with van der Waals surface area (Å²) in [5.41, 5.74) is 1.72. The van der Waals surface area contributed by atoms with Crippen LogP contribution >= 0.6 is 15.9 Å². The van der Waals surface area contributed by atoms with Gasteiger partial charge in [-0.3, -0.25) is 14.9 Å². The standard InChI is InChI=1S/C26H21BrN2O5/c1-2-33-22-15-18(14-21(27)23(22)34-16-17-9-5-3-6-10-17)13-20-24(30)28-26(32)29(25(20)31)19-11-7-4-8-12-19/h3-15H,2,16H2,1H3,(H,28,30,32)/b20-13+. The van der Waals surface area contributed by atoms with Gasteiger partial charge in [-0.1, -0.05) is 48.5 Å². The van der Waals surface area contributed by atoms with E-state index >= 15 is 0 Å². The van der Waals surface area contributed by atoms with E-state index in [9.17, 15) is 14.4 Å². The molecule has 0 radical (unpaired) electrons. The molecule has 1 saturated heterocycles. The number of anilines is 1. The van der Waals surface area contributed by atoms with Crippen molar-refractivity contribution < 1.29 is 23.9 Å². The average Bonchev–Trinajstić information content (AvgIpc) is 2.83. The predicted molar refractivity (Wildman–Crippen MR) is 132 cm³/mol. The second-order valence-electron chi connectivity index (χ2n) is 7.33. The molecule has 8 heteroatoms. The van der Waals surface area contributed by atoms with Gasteiger partial charge in [-0.2, -0.15) is 0 Å². The van der Waals surface area contributed by atoms with Gasteiger partial charge in [0.25, 0.3) is 11.8 Å². The Hall–Kier alpha value is -3.91. The maximum atomic E-state index is 13.1. The Morgan fingerprint density at radius 3 is 2.29 bits per heavy atom. The van der Waals surface area contributed by atoms with Gasteiger partial charge in [0.1, 0.15) is 12.2 Å². The first-order valence-corrected chi connectivity index (χ1v) is 11.4. The van der Waals surface area contributed by atoms with Crippen LogP contribution < -0.4 is 19.7 Å². The van der Waals surface area contributed by atoms with Crippen LogP contribution in [-0.4, -0.2) is 24.5 Å². The van der Waals surface area contributed by atoms with E-state index in [0.717, 1.165) is 10.5 Å².